The molecule has 0 aliphatic heterocycles. The van der Waals surface area contributed by atoms with Crippen LogP contribution < -0.4 is 5.30 Å². The summed E-state index contributed by atoms with van der Waals surface area (Å²) in [6, 6.07) is 2.94. The monoisotopic (exact) mass is 187 g/mol. The molecule has 0 aliphatic carbocycles. The Morgan fingerprint density at radius 1 is 1.58 bits per heavy atom. The van der Waals surface area contributed by atoms with Crippen LogP contribution in [0.1, 0.15) is 6.92 Å². The van der Waals surface area contributed by atoms with Crippen molar-refractivity contribution in [2.75, 3.05) is 6.61 Å². The van der Waals surface area contributed by atoms with Gasteiger partial charge in [0.05, 0.1) is 11.9 Å². The van der Waals surface area contributed by atoms with E-state index >= 15 is 0 Å². The third-order valence-corrected chi connectivity index (χ3v) is 2.85. The van der Waals surface area contributed by atoms with Crippen LogP contribution >= 0.6 is 7.60 Å². The molecule has 1 heterocycles. The van der Waals surface area contributed by atoms with Gasteiger partial charge in [0.1, 0.15) is 0 Å². The van der Waals surface area contributed by atoms with E-state index in [0.717, 1.165) is 0 Å². The summed E-state index contributed by atoms with van der Waals surface area (Å²) in [5.74, 6) is 0. The normalized spacial score (nSPS) is 15.5. The van der Waals surface area contributed by atoms with Crippen LogP contribution in [-0.2, 0) is 9.09 Å². The molecule has 5 heteroatoms. The maximum atomic E-state index is 11.3. The predicted molar refractivity (Wildman–Crippen MR) is 45.3 cm³/mol. The Balaban J connectivity index is 2.90. The second-order valence-electron chi connectivity index (χ2n) is 2.14. The van der Waals surface area contributed by atoms with Crippen LogP contribution in [0.3, 0.4) is 0 Å². The Hall–Kier alpha value is -0.700. The average molecular weight is 187 g/mol. The summed E-state index contributed by atoms with van der Waals surface area (Å²) < 4.78 is 16.0. The topological polar surface area (TPSA) is 59.4 Å². The van der Waals surface area contributed by atoms with Crippen molar-refractivity contribution >= 4 is 12.9 Å². The van der Waals surface area contributed by atoms with E-state index in [9.17, 15) is 9.46 Å². The highest BCUT2D eigenvalue weighted by atomic mass is 31.2. The summed E-state index contributed by atoms with van der Waals surface area (Å²) in [7, 11) is -3.58. The first-order valence-electron chi connectivity index (χ1n) is 3.54. The number of hydrogen-bond donors (Lipinski definition) is 1. The van der Waals surface area contributed by atoms with Crippen LogP contribution in [0.5, 0.6) is 0 Å². The van der Waals surface area contributed by atoms with Crippen LogP contribution in [0, 0.1) is 0 Å². The third kappa shape index (κ3) is 2.14. The summed E-state index contributed by atoms with van der Waals surface area (Å²) in [6.07, 6.45) is 2.91. The third-order valence-electron chi connectivity index (χ3n) is 1.29. The predicted octanol–water partition coefficient (Wildman–Crippen LogP) is 0.929. The fraction of sp³-hybridized carbons (Fsp3) is 0.286. The Morgan fingerprint density at radius 3 is 2.67 bits per heavy atom. The second kappa shape index (κ2) is 3.81. The van der Waals surface area contributed by atoms with Gasteiger partial charge in [-0.1, -0.05) is 0 Å². The van der Waals surface area contributed by atoms with E-state index in [4.69, 9.17) is 4.52 Å². The Morgan fingerprint density at radius 2 is 2.17 bits per heavy atom. The lowest BCUT2D eigenvalue weighted by Crippen LogP contribution is -2.06. The van der Waals surface area contributed by atoms with Gasteiger partial charge in [0.2, 0.25) is 0 Å². The Kier molecular flexibility index (Phi) is 2.98. The highest BCUT2D eigenvalue weighted by Gasteiger charge is 2.20. The molecule has 0 amide bonds. The molecular formula is C7H10NO3P. The molecule has 4 nitrogen and oxygen atoms in total. The number of hydrogen-bond acceptors (Lipinski definition) is 3. The van der Waals surface area contributed by atoms with Crippen LogP contribution in [0.2, 0.25) is 0 Å². The van der Waals surface area contributed by atoms with Gasteiger partial charge in [0, 0.05) is 12.4 Å². The standard InChI is InChI=1S/C7H10NO3P/c1-2-11-12(9,10)7-3-5-8-6-4-7/h3-6H,2H2,1H3,(H,9,10). The minimum absolute atomic E-state index is 0.218. The summed E-state index contributed by atoms with van der Waals surface area (Å²) in [5, 5.41) is 0.277. The molecule has 0 spiro atoms. The molecule has 1 aromatic heterocycles. The smallest absolute Gasteiger partial charge is 0.321 e. The minimum atomic E-state index is -3.58. The molecule has 0 aromatic carbocycles. The van der Waals surface area contributed by atoms with E-state index in [1.807, 2.05) is 0 Å². The van der Waals surface area contributed by atoms with E-state index in [1.165, 1.54) is 24.5 Å². The molecule has 0 saturated heterocycles. The molecule has 0 radical (unpaired) electrons. The summed E-state index contributed by atoms with van der Waals surface area (Å²) in [4.78, 5) is 13.0. The van der Waals surface area contributed by atoms with Crippen molar-refractivity contribution in [2.24, 2.45) is 0 Å². The van der Waals surface area contributed by atoms with E-state index in [1.54, 1.807) is 6.92 Å². The molecule has 1 N–H and O–H groups in total. The van der Waals surface area contributed by atoms with Gasteiger partial charge < -0.3 is 9.42 Å². The van der Waals surface area contributed by atoms with Gasteiger partial charge in [-0.2, -0.15) is 0 Å². The van der Waals surface area contributed by atoms with Gasteiger partial charge in [-0.15, -0.1) is 0 Å². The number of rotatable bonds is 3. The van der Waals surface area contributed by atoms with Gasteiger partial charge in [0.25, 0.3) is 0 Å². The molecule has 66 valence electrons. The lowest BCUT2D eigenvalue weighted by molar-refractivity contribution is 0.284. The highest BCUT2D eigenvalue weighted by Crippen LogP contribution is 2.39. The quantitative estimate of drug-likeness (QED) is 0.715. The van der Waals surface area contributed by atoms with Gasteiger partial charge in [-0.3, -0.25) is 9.55 Å². The second-order valence-corrected chi connectivity index (χ2v) is 3.96. The molecule has 1 aromatic rings. The summed E-state index contributed by atoms with van der Waals surface area (Å²) in [6.45, 7) is 1.89. The van der Waals surface area contributed by atoms with Crippen LogP contribution in [0.25, 0.3) is 0 Å². The zero-order chi connectivity index (χ0) is 9.03. The Labute approximate surface area is 70.8 Å². The first kappa shape index (κ1) is 9.39. The molecule has 0 saturated carbocycles. The van der Waals surface area contributed by atoms with E-state index < -0.39 is 7.60 Å². The SMILES string of the molecule is CCOP(=O)(O)c1ccncc1. The summed E-state index contributed by atoms with van der Waals surface area (Å²) >= 11 is 0. The van der Waals surface area contributed by atoms with Crippen molar-refractivity contribution in [2.45, 2.75) is 6.92 Å². The fourth-order valence-corrected chi connectivity index (χ4v) is 1.79. The van der Waals surface area contributed by atoms with E-state index in [-0.39, 0.29) is 11.9 Å². The van der Waals surface area contributed by atoms with Crippen molar-refractivity contribution in [1.82, 2.24) is 4.98 Å². The maximum absolute atomic E-state index is 11.3. The molecular weight excluding hydrogens is 177 g/mol. The van der Waals surface area contributed by atoms with Crippen LogP contribution in [0.4, 0.5) is 0 Å². The number of pyridine rings is 1. The van der Waals surface area contributed by atoms with Crippen LogP contribution in [-0.4, -0.2) is 16.5 Å². The van der Waals surface area contributed by atoms with Crippen molar-refractivity contribution in [3.05, 3.63) is 24.5 Å². The van der Waals surface area contributed by atoms with Gasteiger partial charge in [0.15, 0.2) is 0 Å². The molecule has 1 atom stereocenters. The molecule has 0 fully saturated rings. The molecule has 12 heavy (non-hydrogen) atoms. The largest absolute Gasteiger partial charge is 0.358 e. The van der Waals surface area contributed by atoms with E-state index in [0.29, 0.717) is 0 Å². The van der Waals surface area contributed by atoms with E-state index in [2.05, 4.69) is 4.98 Å². The van der Waals surface area contributed by atoms with Crippen molar-refractivity contribution in [1.29, 1.82) is 0 Å². The lowest BCUT2D eigenvalue weighted by atomic mass is 10.5. The maximum Gasteiger partial charge on any atom is 0.358 e. The molecule has 0 bridgehead atoms. The van der Waals surface area contributed by atoms with Crippen molar-refractivity contribution in [3.8, 4) is 0 Å². The first-order valence-corrected chi connectivity index (χ1v) is 5.12. The zero-order valence-electron chi connectivity index (χ0n) is 6.67. The van der Waals surface area contributed by atoms with Crippen molar-refractivity contribution < 1.29 is 14.0 Å². The summed E-state index contributed by atoms with van der Waals surface area (Å²) in [5.41, 5.74) is 0. The Bertz CT molecular complexity index is 288. The molecule has 0 aliphatic rings. The van der Waals surface area contributed by atoms with Gasteiger partial charge in [-0.05, 0) is 19.1 Å². The number of nitrogens with zero attached hydrogens (tertiary/aromatic N) is 1. The minimum Gasteiger partial charge on any atom is -0.321 e. The van der Waals surface area contributed by atoms with Gasteiger partial charge in [-0.25, -0.2) is 0 Å². The number of aromatic nitrogens is 1. The molecule has 1 unspecified atom stereocenters. The first-order chi connectivity index (χ1) is 5.67. The lowest BCUT2D eigenvalue weighted by Gasteiger charge is -2.09. The van der Waals surface area contributed by atoms with Gasteiger partial charge >= 0.3 is 7.60 Å². The highest BCUT2D eigenvalue weighted by molar-refractivity contribution is 7.61. The fourth-order valence-electron chi connectivity index (χ4n) is 0.782. The van der Waals surface area contributed by atoms with Crippen molar-refractivity contribution in [3.63, 3.8) is 0 Å². The average Bonchev–Trinajstić information content (AvgIpc) is 2.06. The zero-order valence-corrected chi connectivity index (χ0v) is 7.57. The van der Waals surface area contributed by atoms with Crippen LogP contribution in [0.15, 0.2) is 24.5 Å². The molecule has 1 rings (SSSR count).